The number of benzene rings is 1. The van der Waals surface area contributed by atoms with Gasteiger partial charge in [0.05, 0.1) is 18.2 Å². The lowest BCUT2D eigenvalue weighted by atomic mass is 10.2. The SMILES string of the molecule is Cl.O=C(NCCN1CCOCC1)c1ccc(Cl)c(S(=O)(=O)N2CCCCCC2)c1. The second-order valence-corrected chi connectivity index (χ2v) is 9.49. The quantitative estimate of drug-likeness (QED) is 0.697. The largest absolute Gasteiger partial charge is 0.379 e. The summed E-state index contributed by atoms with van der Waals surface area (Å²) >= 11 is 6.20. The third kappa shape index (κ3) is 6.54. The molecule has 3 rings (SSSR count). The first-order valence-electron chi connectivity index (χ1n) is 9.86. The molecule has 0 aliphatic carbocycles. The van der Waals surface area contributed by atoms with Crippen molar-refractivity contribution in [2.75, 3.05) is 52.5 Å². The van der Waals surface area contributed by atoms with Crippen molar-refractivity contribution in [3.8, 4) is 0 Å². The van der Waals surface area contributed by atoms with Gasteiger partial charge in [-0.05, 0) is 31.0 Å². The highest BCUT2D eigenvalue weighted by Crippen LogP contribution is 2.27. The van der Waals surface area contributed by atoms with Crippen molar-refractivity contribution in [3.05, 3.63) is 28.8 Å². The van der Waals surface area contributed by atoms with Crippen molar-refractivity contribution >= 4 is 39.9 Å². The Morgan fingerprint density at radius 3 is 2.38 bits per heavy atom. The number of nitrogens with one attached hydrogen (secondary N) is 1. The number of morpholine rings is 1. The van der Waals surface area contributed by atoms with Gasteiger partial charge < -0.3 is 10.1 Å². The van der Waals surface area contributed by atoms with E-state index in [1.807, 2.05) is 0 Å². The third-order valence-electron chi connectivity index (χ3n) is 5.19. The molecule has 0 atom stereocenters. The average Bonchev–Trinajstić information content (AvgIpc) is 2.99. The van der Waals surface area contributed by atoms with Gasteiger partial charge in [-0.1, -0.05) is 24.4 Å². The Labute approximate surface area is 184 Å². The van der Waals surface area contributed by atoms with E-state index in [0.717, 1.165) is 45.3 Å². The highest BCUT2D eigenvalue weighted by Gasteiger charge is 2.28. The minimum Gasteiger partial charge on any atom is -0.379 e. The van der Waals surface area contributed by atoms with Gasteiger partial charge in [0, 0.05) is 44.8 Å². The molecule has 0 spiro atoms. The van der Waals surface area contributed by atoms with E-state index in [1.165, 1.54) is 16.4 Å². The van der Waals surface area contributed by atoms with Gasteiger partial charge in [-0.25, -0.2) is 8.42 Å². The Morgan fingerprint density at radius 1 is 1.07 bits per heavy atom. The molecule has 10 heteroatoms. The van der Waals surface area contributed by atoms with E-state index in [2.05, 4.69) is 10.2 Å². The lowest BCUT2D eigenvalue weighted by Crippen LogP contribution is -2.41. The predicted octanol–water partition coefficient (Wildman–Crippen LogP) is 2.39. The maximum absolute atomic E-state index is 13.0. The molecule has 0 aromatic heterocycles. The molecule has 1 amide bonds. The molecule has 164 valence electrons. The second-order valence-electron chi connectivity index (χ2n) is 7.17. The summed E-state index contributed by atoms with van der Waals surface area (Å²) in [6.07, 6.45) is 3.76. The lowest BCUT2D eigenvalue weighted by molar-refractivity contribution is 0.0383. The average molecular weight is 466 g/mol. The van der Waals surface area contributed by atoms with Crippen LogP contribution in [0.1, 0.15) is 36.0 Å². The zero-order chi connectivity index (χ0) is 20.0. The van der Waals surface area contributed by atoms with Gasteiger partial charge in [-0.15, -0.1) is 12.4 Å². The van der Waals surface area contributed by atoms with Gasteiger partial charge in [0.1, 0.15) is 4.90 Å². The first kappa shape index (κ1) is 24.4. The van der Waals surface area contributed by atoms with Crippen LogP contribution in [0, 0.1) is 0 Å². The summed E-state index contributed by atoms with van der Waals surface area (Å²) in [4.78, 5) is 14.7. The summed E-state index contributed by atoms with van der Waals surface area (Å²) in [6.45, 7) is 5.36. The van der Waals surface area contributed by atoms with Gasteiger partial charge >= 0.3 is 0 Å². The van der Waals surface area contributed by atoms with Crippen molar-refractivity contribution in [2.45, 2.75) is 30.6 Å². The van der Waals surface area contributed by atoms with E-state index in [0.29, 0.717) is 38.4 Å². The fraction of sp³-hybridized carbons (Fsp3) is 0.632. The van der Waals surface area contributed by atoms with Crippen LogP contribution in [-0.2, 0) is 14.8 Å². The maximum atomic E-state index is 13.0. The smallest absolute Gasteiger partial charge is 0.251 e. The number of sulfonamides is 1. The number of hydrogen-bond donors (Lipinski definition) is 1. The van der Waals surface area contributed by atoms with E-state index in [4.69, 9.17) is 16.3 Å². The number of ether oxygens (including phenoxy) is 1. The number of carbonyl (C=O) groups excluding carboxylic acids is 1. The van der Waals surface area contributed by atoms with E-state index in [-0.39, 0.29) is 28.2 Å². The van der Waals surface area contributed by atoms with Crippen LogP contribution in [0.5, 0.6) is 0 Å². The maximum Gasteiger partial charge on any atom is 0.251 e. The molecule has 7 nitrogen and oxygen atoms in total. The normalized spacial score (nSPS) is 19.2. The van der Waals surface area contributed by atoms with Gasteiger partial charge in [0.15, 0.2) is 0 Å². The van der Waals surface area contributed by atoms with E-state index < -0.39 is 10.0 Å². The molecular weight excluding hydrogens is 437 g/mol. The molecule has 2 aliphatic heterocycles. The topological polar surface area (TPSA) is 79.0 Å². The summed E-state index contributed by atoms with van der Waals surface area (Å²) < 4.78 is 32.9. The Kier molecular flexibility index (Phi) is 9.65. The Balaban J connectivity index is 0.00000300. The number of nitrogens with zero attached hydrogens (tertiary/aromatic N) is 2. The molecule has 2 aliphatic rings. The molecule has 1 aromatic rings. The van der Waals surface area contributed by atoms with E-state index >= 15 is 0 Å². The molecule has 1 aromatic carbocycles. The van der Waals surface area contributed by atoms with Gasteiger partial charge in [0.2, 0.25) is 10.0 Å². The van der Waals surface area contributed by atoms with Crippen LogP contribution < -0.4 is 5.32 Å². The predicted molar refractivity (Wildman–Crippen MR) is 116 cm³/mol. The Hall–Kier alpha value is -0.900. The second kappa shape index (κ2) is 11.5. The van der Waals surface area contributed by atoms with Crippen LogP contribution in [0.3, 0.4) is 0 Å². The van der Waals surface area contributed by atoms with Crippen molar-refractivity contribution in [3.63, 3.8) is 0 Å². The minimum atomic E-state index is -3.71. The fourth-order valence-corrected chi connectivity index (χ4v) is 5.54. The summed E-state index contributed by atoms with van der Waals surface area (Å²) in [6, 6.07) is 4.45. The minimum absolute atomic E-state index is 0. The molecule has 0 unspecified atom stereocenters. The zero-order valence-corrected chi connectivity index (χ0v) is 18.8. The first-order chi connectivity index (χ1) is 13.5. The number of hydrogen-bond acceptors (Lipinski definition) is 5. The van der Waals surface area contributed by atoms with Crippen LogP contribution in [0.15, 0.2) is 23.1 Å². The summed E-state index contributed by atoms with van der Waals surface area (Å²) in [5.41, 5.74) is 0.305. The molecule has 1 N–H and O–H groups in total. The van der Waals surface area contributed by atoms with Crippen LogP contribution in [0.25, 0.3) is 0 Å². The van der Waals surface area contributed by atoms with Crippen LogP contribution >= 0.6 is 24.0 Å². The van der Waals surface area contributed by atoms with Crippen LogP contribution in [0.4, 0.5) is 0 Å². The summed E-state index contributed by atoms with van der Waals surface area (Å²) in [5.74, 6) is -0.294. The third-order valence-corrected chi connectivity index (χ3v) is 7.57. The molecule has 0 bridgehead atoms. The Bertz CT molecular complexity index is 778. The van der Waals surface area contributed by atoms with Crippen LogP contribution in [-0.4, -0.2) is 76.0 Å². The summed E-state index contributed by atoms with van der Waals surface area (Å²) in [5, 5.41) is 3.01. The van der Waals surface area contributed by atoms with Crippen molar-refractivity contribution < 1.29 is 17.9 Å². The molecule has 29 heavy (non-hydrogen) atoms. The van der Waals surface area contributed by atoms with Crippen molar-refractivity contribution in [1.82, 2.24) is 14.5 Å². The molecular formula is C19H29Cl2N3O4S. The monoisotopic (exact) mass is 465 g/mol. The molecule has 2 heterocycles. The van der Waals surface area contributed by atoms with E-state index in [1.54, 1.807) is 6.07 Å². The summed E-state index contributed by atoms with van der Waals surface area (Å²) in [7, 11) is -3.71. The van der Waals surface area contributed by atoms with Crippen molar-refractivity contribution in [1.29, 1.82) is 0 Å². The molecule has 2 saturated heterocycles. The fourth-order valence-electron chi connectivity index (χ4n) is 3.52. The van der Waals surface area contributed by atoms with E-state index in [9.17, 15) is 13.2 Å². The zero-order valence-electron chi connectivity index (χ0n) is 16.4. The Morgan fingerprint density at radius 2 is 1.72 bits per heavy atom. The number of halogens is 2. The number of rotatable bonds is 6. The number of carbonyl (C=O) groups is 1. The molecule has 0 radical (unpaired) electrons. The molecule has 0 saturated carbocycles. The van der Waals surface area contributed by atoms with Gasteiger partial charge in [0.25, 0.3) is 5.91 Å². The van der Waals surface area contributed by atoms with Crippen molar-refractivity contribution in [2.24, 2.45) is 0 Å². The van der Waals surface area contributed by atoms with Crippen LogP contribution in [0.2, 0.25) is 5.02 Å². The standard InChI is InChI=1S/C19H28ClN3O4S.ClH/c20-17-6-5-16(19(24)21-7-10-22-11-13-27-14-12-22)15-18(17)28(25,26)23-8-3-1-2-4-9-23;/h5-6,15H,1-4,7-14H2,(H,21,24);1H. The highest BCUT2D eigenvalue weighted by atomic mass is 35.5. The highest BCUT2D eigenvalue weighted by molar-refractivity contribution is 7.89. The first-order valence-corrected chi connectivity index (χ1v) is 11.7. The molecule has 2 fully saturated rings. The lowest BCUT2D eigenvalue weighted by Gasteiger charge is -2.26. The number of amides is 1. The van der Waals surface area contributed by atoms with Gasteiger partial charge in [-0.2, -0.15) is 4.31 Å². The van der Waals surface area contributed by atoms with Gasteiger partial charge in [-0.3, -0.25) is 9.69 Å².